The lowest BCUT2D eigenvalue weighted by molar-refractivity contribution is -0.119. The van der Waals surface area contributed by atoms with E-state index in [-0.39, 0.29) is 19.0 Å². The van der Waals surface area contributed by atoms with Gasteiger partial charge in [0.15, 0.2) is 11.6 Å². The van der Waals surface area contributed by atoms with Crippen molar-refractivity contribution in [3.05, 3.63) is 18.1 Å². The maximum atomic E-state index is 14.4. The lowest BCUT2D eigenvalue weighted by atomic mass is 10.3. The standard InChI is InChI=1S/C15H19FN4O3S.C2H6/c1-10(21)17-8-12-9-20(15(22)23-12)11-6-13(16)14(18-7-11)19-2-4-24-5-3-19;1-2/h6-7,12H,2-5,8-9H2,1H3,(H,17,21);1-2H3. The Bertz CT molecular complexity index is 640. The minimum Gasteiger partial charge on any atom is -0.442 e. The van der Waals surface area contributed by atoms with Crippen LogP contribution in [0.3, 0.4) is 0 Å². The molecular weight excluding hydrogens is 359 g/mol. The number of pyridine rings is 1. The van der Waals surface area contributed by atoms with Crippen LogP contribution in [0.2, 0.25) is 0 Å². The van der Waals surface area contributed by atoms with Crippen LogP contribution in [-0.4, -0.2) is 60.8 Å². The lowest BCUT2D eigenvalue weighted by Gasteiger charge is -2.28. The number of nitrogens with one attached hydrogen (secondary N) is 1. The second-order valence-electron chi connectivity index (χ2n) is 5.65. The van der Waals surface area contributed by atoms with E-state index in [2.05, 4.69) is 10.3 Å². The summed E-state index contributed by atoms with van der Waals surface area (Å²) in [6, 6.07) is 1.31. The Kier molecular flexibility index (Phi) is 7.50. The summed E-state index contributed by atoms with van der Waals surface area (Å²) in [5.41, 5.74) is 0.359. The fourth-order valence-corrected chi connectivity index (χ4v) is 3.58. The normalized spacial score (nSPS) is 19.5. The highest BCUT2D eigenvalue weighted by molar-refractivity contribution is 7.99. The quantitative estimate of drug-likeness (QED) is 0.858. The zero-order valence-electron chi connectivity index (χ0n) is 15.3. The van der Waals surface area contributed by atoms with Crippen molar-refractivity contribution in [2.24, 2.45) is 0 Å². The third-order valence-corrected chi connectivity index (χ3v) is 4.82. The molecule has 2 fully saturated rings. The molecule has 3 heterocycles. The van der Waals surface area contributed by atoms with Gasteiger partial charge in [0.05, 0.1) is 25.0 Å². The van der Waals surface area contributed by atoms with Crippen LogP contribution < -0.4 is 15.1 Å². The second kappa shape index (κ2) is 9.61. The van der Waals surface area contributed by atoms with E-state index in [1.54, 1.807) is 0 Å². The number of hydrogen-bond acceptors (Lipinski definition) is 6. The number of thioether (sulfide) groups is 1. The number of rotatable bonds is 4. The highest BCUT2D eigenvalue weighted by atomic mass is 32.2. The monoisotopic (exact) mass is 384 g/mol. The average molecular weight is 384 g/mol. The first-order chi connectivity index (χ1) is 12.5. The molecule has 0 aromatic carbocycles. The second-order valence-corrected chi connectivity index (χ2v) is 6.88. The van der Waals surface area contributed by atoms with Crippen molar-refractivity contribution >= 4 is 35.3 Å². The van der Waals surface area contributed by atoms with Gasteiger partial charge in [0.2, 0.25) is 5.91 Å². The van der Waals surface area contributed by atoms with Crippen LogP contribution in [0.15, 0.2) is 12.3 Å². The van der Waals surface area contributed by atoms with Crippen LogP contribution >= 0.6 is 11.8 Å². The van der Waals surface area contributed by atoms with Crippen LogP contribution in [0.4, 0.5) is 20.7 Å². The van der Waals surface area contributed by atoms with E-state index in [1.807, 2.05) is 30.5 Å². The maximum absolute atomic E-state index is 14.4. The summed E-state index contributed by atoms with van der Waals surface area (Å²) in [5.74, 6) is 1.58. The van der Waals surface area contributed by atoms with E-state index in [0.717, 1.165) is 24.6 Å². The van der Waals surface area contributed by atoms with Crippen LogP contribution in [0.1, 0.15) is 20.8 Å². The first kappa shape index (κ1) is 20.3. The van der Waals surface area contributed by atoms with Gasteiger partial charge in [-0.05, 0) is 0 Å². The molecule has 2 amide bonds. The number of nitrogens with zero attached hydrogens (tertiary/aromatic N) is 3. The number of carbonyl (C=O) groups excluding carboxylic acids is 2. The van der Waals surface area contributed by atoms with Crippen molar-refractivity contribution < 1.29 is 18.7 Å². The van der Waals surface area contributed by atoms with Gasteiger partial charge in [-0.25, -0.2) is 14.2 Å². The van der Waals surface area contributed by atoms with E-state index >= 15 is 0 Å². The molecule has 0 aliphatic carbocycles. The smallest absolute Gasteiger partial charge is 0.414 e. The molecule has 9 heteroatoms. The van der Waals surface area contributed by atoms with Crippen molar-refractivity contribution in [2.75, 3.05) is 47.5 Å². The van der Waals surface area contributed by atoms with Crippen LogP contribution in [0.5, 0.6) is 0 Å². The Hall–Kier alpha value is -2.03. The Morgan fingerprint density at radius 2 is 2.12 bits per heavy atom. The maximum Gasteiger partial charge on any atom is 0.414 e. The summed E-state index contributed by atoms with van der Waals surface area (Å²) in [5, 5.41) is 2.60. The predicted octanol–water partition coefficient (Wildman–Crippen LogP) is 2.26. The molecule has 1 N–H and O–H groups in total. The van der Waals surface area contributed by atoms with Crippen LogP contribution in [0.25, 0.3) is 0 Å². The minimum atomic E-state index is -0.561. The average Bonchev–Trinajstić information content (AvgIpc) is 3.03. The minimum absolute atomic E-state index is 0.193. The van der Waals surface area contributed by atoms with Gasteiger partial charge in [-0.2, -0.15) is 11.8 Å². The van der Waals surface area contributed by atoms with E-state index < -0.39 is 18.0 Å². The van der Waals surface area contributed by atoms with Gasteiger partial charge in [0, 0.05) is 37.6 Å². The van der Waals surface area contributed by atoms with Gasteiger partial charge in [0.1, 0.15) is 6.10 Å². The summed E-state index contributed by atoms with van der Waals surface area (Å²) in [7, 11) is 0. The number of ether oxygens (including phenoxy) is 1. The number of cyclic esters (lactones) is 1. The SMILES string of the molecule is CC.CC(=O)NCC1CN(c2cnc(N3CCSCC3)c(F)c2)C(=O)O1. The molecule has 0 spiro atoms. The first-order valence-corrected chi connectivity index (χ1v) is 9.91. The zero-order chi connectivity index (χ0) is 19.1. The number of halogens is 1. The predicted molar refractivity (Wildman–Crippen MR) is 101 cm³/mol. The van der Waals surface area contributed by atoms with Crippen molar-refractivity contribution in [1.29, 1.82) is 0 Å². The summed E-state index contributed by atoms with van der Waals surface area (Å²) < 4.78 is 19.6. The molecule has 2 saturated heterocycles. The molecule has 2 aliphatic rings. The highest BCUT2D eigenvalue weighted by Gasteiger charge is 2.33. The molecule has 26 heavy (non-hydrogen) atoms. The molecule has 2 aliphatic heterocycles. The molecule has 1 aromatic rings. The van der Waals surface area contributed by atoms with E-state index in [1.165, 1.54) is 24.1 Å². The fraction of sp³-hybridized carbons (Fsp3) is 0.588. The van der Waals surface area contributed by atoms with Crippen LogP contribution in [-0.2, 0) is 9.53 Å². The Morgan fingerprint density at radius 1 is 1.42 bits per heavy atom. The largest absolute Gasteiger partial charge is 0.442 e. The fourth-order valence-electron chi connectivity index (χ4n) is 2.67. The van der Waals surface area contributed by atoms with Gasteiger partial charge < -0.3 is 15.0 Å². The molecule has 144 valence electrons. The third-order valence-electron chi connectivity index (χ3n) is 3.88. The summed E-state index contributed by atoms with van der Waals surface area (Å²) in [6.45, 7) is 7.40. The van der Waals surface area contributed by atoms with Crippen LogP contribution in [0, 0.1) is 5.82 Å². The molecule has 1 atom stereocenters. The Balaban J connectivity index is 0.00000117. The van der Waals surface area contributed by atoms with E-state index in [9.17, 15) is 14.0 Å². The van der Waals surface area contributed by atoms with Gasteiger partial charge >= 0.3 is 6.09 Å². The molecule has 1 aromatic heterocycles. The summed E-state index contributed by atoms with van der Waals surface area (Å²) in [6.07, 6.45) is 0.472. The van der Waals surface area contributed by atoms with Gasteiger partial charge in [-0.1, -0.05) is 13.8 Å². The molecule has 3 rings (SSSR count). The third kappa shape index (κ3) is 5.00. The first-order valence-electron chi connectivity index (χ1n) is 8.75. The Morgan fingerprint density at radius 3 is 2.73 bits per heavy atom. The number of carbonyl (C=O) groups is 2. The van der Waals surface area contributed by atoms with Crippen molar-refractivity contribution in [3.8, 4) is 0 Å². The number of anilines is 2. The molecule has 0 radical (unpaired) electrons. The highest BCUT2D eigenvalue weighted by Crippen LogP contribution is 2.26. The molecule has 1 unspecified atom stereocenters. The Labute approximate surface area is 157 Å². The number of aromatic nitrogens is 1. The summed E-state index contributed by atoms with van der Waals surface area (Å²) in [4.78, 5) is 30.3. The van der Waals surface area contributed by atoms with E-state index in [0.29, 0.717) is 11.5 Å². The number of hydrogen-bond donors (Lipinski definition) is 1. The molecule has 0 saturated carbocycles. The van der Waals surface area contributed by atoms with Gasteiger partial charge in [0.25, 0.3) is 0 Å². The summed E-state index contributed by atoms with van der Waals surface area (Å²) >= 11 is 1.84. The zero-order valence-corrected chi connectivity index (χ0v) is 16.1. The number of amides is 2. The van der Waals surface area contributed by atoms with Gasteiger partial charge in [-0.15, -0.1) is 0 Å². The molecule has 7 nitrogen and oxygen atoms in total. The van der Waals surface area contributed by atoms with Crippen molar-refractivity contribution in [2.45, 2.75) is 26.9 Å². The van der Waals surface area contributed by atoms with Gasteiger partial charge in [-0.3, -0.25) is 9.69 Å². The van der Waals surface area contributed by atoms with E-state index in [4.69, 9.17) is 4.74 Å². The van der Waals surface area contributed by atoms with Crippen molar-refractivity contribution in [1.82, 2.24) is 10.3 Å². The molecule has 0 bridgehead atoms. The molecular formula is C17H25FN4O3S. The topological polar surface area (TPSA) is 74.8 Å². The lowest BCUT2D eigenvalue weighted by Crippen LogP contribution is -2.34. The van der Waals surface area contributed by atoms with Crippen molar-refractivity contribution in [3.63, 3.8) is 0 Å².